The van der Waals surface area contributed by atoms with Crippen LogP contribution in [0.1, 0.15) is 20.8 Å². The number of methoxy groups -OCH3 is 1. The summed E-state index contributed by atoms with van der Waals surface area (Å²) in [6.07, 6.45) is 0. The molecule has 0 amide bonds. The normalized spacial score (nSPS) is 10.2. The van der Waals surface area contributed by atoms with Crippen molar-refractivity contribution < 1.29 is 9.53 Å². The van der Waals surface area contributed by atoms with Crippen LogP contribution in [0.4, 0.5) is 16.4 Å². The number of halogens is 1. The molecule has 0 spiro atoms. The number of carbonyl (C=O) groups is 1. The van der Waals surface area contributed by atoms with Crippen LogP contribution in [0.15, 0.2) is 48.5 Å². The molecule has 1 aromatic heterocycles. The van der Waals surface area contributed by atoms with Crippen molar-refractivity contribution in [3.8, 4) is 11.8 Å². The molecular formula is C19H14ClN3O2S. The molecular weight excluding hydrogens is 370 g/mol. The molecule has 5 nitrogen and oxygen atoms in total. The lowest BCUT2D eigenvalue weighted by Crippen LogP contribution is -2.02. The number of ether oxygens (including phenoxy) is 1. The molecule has 26 heavy (non-hydrogen) atoms. The molecule has 0 saturated heterocycles. The summed E-state index contributed by atoms with van der Waals surface area (Å²) < 4.78 is 5.12. The Morgan fingerprint density at radius 1 is 1.27 bits per heavy atom. The van der Waals surface area contributed by atoms with Crippen LogP contribution in [-0.4, -0.2) is 12.9 Å². The number of nitriles is 1. The number of nitrogens with one attached hydrogen (secondary N) is 1. The number of benzene rings is 2. The number of anilines is 3. The van der Waals surface area contributed by atoms with Crippen molar-refractivity contribution in [3.05, 3.63) is 69.6 Å². The van der Waals surface area contributed by atoms with Gasteiger partial charge >= 0.3 is 0 Å². The second kappa shape index (κ2) is 7.48. The van der Waals surface area contributed by atoms with E-state index >= 15 is 0 Å². The van der Waals surface area contributed by atoms with Crippen molar-refractivity contribution >= 4 is 45.1 Å². The molecule has 0 aliphatic heterocycles. The van der Waals surface area contributed by atoms with Crippen LogP contribution in [0.5, 0.6) is 5.75 Å². The van der Waals surface area contributed by atoms with Crippen LogP contribution in [-0.2, 0) is 0 Å². The first kappa shape index (κ1) is 17.8. The number of carbonyl (C=O) groups excluding carboxylic acids is 1. The summed E-state index contributed by atoms with van der Waals surface area (Å²) in [5.41, 5.74) is 7.65. The molecule has 0 saturated carbocycles. The summed E-state index contributed by atoms with van der Waals surface area (Å²) >= 11 is 7.10. The Bertz CT molecular complexity index is 1010. The van der Waals surface area contributed by atoms with Crippen LogP contribution in [0.2, 0.25) is 5.02 Å². The van der Waals surface area contributed by atoms with E-state index in [1.165, 1.54) is 0 Å². The molecule has 2 aromatic carbocycles. The van der Waals surface area contributed by atoms with Crippen molar-refractivity contribution in [1.29, 1.82) is 5.26 Å². The van der Waals surface area contributed by atoms with Crippen molar-refractivity contribution in [1.82, 2.24) is 0 Å². The molecule has 3 rings (SSSR count). The lowest BCUT2D eigenvalue weighted by atomic mass is 10.1. The monoisotopic (exact) mass is 383 g/mol. The summed E-state index contributed by atoms with van der Waals surface area (Å²) in [7, 11) is 1.59. The number of nitrogens with two attached hydrogens (primary N) is 1. The van der Waals surface area contributed by atoms with Gasteiger partial charge in [0, 0.05) is 16.3 Å². The fourth-order valence-electron chi connectivity index (χ4n) is 2.38. The molecule has 130 valence electrons. The van der Waals surface area contributed by atoms with Gasteiger partial charge in [0.05, 0.1) is 12.8 Å². The topological polar surface area (TPSA) is 88.1 Å². The molecule has 0 unspecified atom stereocenters. The van der Waals surface area contributed by atoms with E-state index in [-0.39, 0.29) is 17.0 Å². The first-order chi connectivity index (χ1) is 12.5. The maximum atomic E-state index is 12.8. The Morgan fingerprint density at radius 3 is 2.62 bits per heavy atom. The molecule has 1 heterocycles. The minimum absolute atomic E-state index is 0.165. The van der Waals surface area contributed by atoms with E-state index in [9.17, 15) is 10.1 Å². The van der Waals surface area contributed by atoms with Gasteiger partial charge in [-0.25, -0.2) is 0 Å². The van der Waals surface area contributed by atoms with Crippen LogP contribution in [0.3, 0.4) is 0 Å². The number of ketones is 1. The average Bonchev–Trinajstić information content (AvgIpc) is 2.97. The van der Waals surface area contributed by atoms with Gasteiger partial charge in [0.15, 0.2) is 0 Å². The highest BCUT2D eigenvalue weighted by Gasteiger charge is 2.22. The number of nitrogens with zero attached hydrogens (tertiary/aromatic N) is 1. The summed E-state index contributed by atoms with van der Waals surface area (Å²) in [4.78, 5) is 13.1. The Hall–Kier alpha value is -3.01. The van der Waals surface area contributed by atoms with Crippen LogP contribution in [0.25, 0.3) is 0 Å². The van der Waals surface area contributed by atoms with E-state index in [4.69, 9.17) is 22.1 Å². The Morgan fingerprint density at radius 2 is 2.00 bits per heavy atom. The minimum atomic E-state index is -0.269. The molecule has 0 radical (unpaired) electrons. The van der Waals surface area contributed by atoms with Gasteiger partial charge in [-0.3, -0.25) is 4.79 Å². The maximum absolute atomic E-state index is 12.8. The molecule has 3 aromatic rings. The predicted molar refractivity (Wildman–Crippen MR) is 105 cm³/mol. The smallest absolute Gasteiger partial charge is 0.205 e. The Balaban J connectivity index is 1.96. The van der Waals surface area contributed by atoms with Crippen molar-refractivity contribution in [2.45, 2.75) is 0 Å². The SMILES string of the molecule is COc1ccc(Nc2sc(C(=O)c3cccc(Cl)c3)c(N)c2C#N)cc1. The van der Waals surface area contributed by atoms with Gasteiger partial charge in [-0.05, 0) is 36.4 Å². The summed E-state index contributed by atoms with van der Waals surface area (Å²) in [5.74, 6) is 0.452. The third-order valence-electron chi connectivity index (χ3n) is 3.70. The van der Waals surface area contributed by atoms with Gasteiger partial charge in [0.25, 0.3) is 0 Å². The first-order valence-corrected chi connectivity index (χ1v) is 8.76. The zero-order valence-electron chi connectivity index (χ0n) is 13.7. The van der Waals surface area contributed by atoms with E-state index in [1.54, 1.807) is 43.5 Å². The van der Waals surface area contributed by atoms with Crippen molar-refractivity contribution in [3.63, 3.8) is 0 Å². The highest BCUT2D eigenvalue weighted by molar-refractivity contribution is 7.19. The van der Waals surface area contributed by atoms with Gasteiger partial charge < -0.3 is 15.8 Å². The van der Waals surface area contributed by atoms with Crippen LogP contribution < -0.4 is 15.8 Å². The van der Waals surface area contributed by atoms with Gasteiger partial charge in [0.1, 0.15) is 27.3 Å². The maximum Gasteiger partial charge on any atom is 0.205 e. The first-order valence-electron chi connectivity index (χ1n) is 7.57. The standard InChI is InChI=1S/C19H14ClN3O2S/c1-25-14-7-5-13(6-8-14)23-19-15(10-21)16(22)18(26-19)17(24)11-3-2-4-12(20)9-11/h2-9,23H,22H2,1H3. The summed E-state index contributed by atoms with van der Waals surface area (Å²) in [6.45, 7) is 0. The minimum Gasteiger partial charge on any atom is -0.497 e. The van der Waals surface area contributed by atoms with Crippen LogP contribution >= 0.6 is 22.9 Å². The van der Waals surface area contributed by atoms with Gasteiger partial charge in [-0.1, -0.05) is 23.7 Å². The second-order valence-corrected chi connectivity index (χ2v) is 6.81. The summed E-state index contributed by atoms with van der Waals surface area (Å²) in [6, 6.07) is 15.9. The van der Waals surface area contributed by atoms with E-state index in [0.717, 1.165) is 22.8 Å². The third-order valence-corrected chi connectivity index (χ3v) is 5.05. The van der Waals surface area contributed by atoms with Gasteiger partial charge in [0.2, 0.25) is 5.78 Å². The molecule has 3 N–H and O–H groups in total. The van der Waals surface area contributed by atoms with Gasteiger partial charge in [-0.15, -0.1) is 11.3 Å². The number of hydrogen-bond donors (Lipinski definition) is 2. The third kappa shape index (κ3) is 3.49. The lowest BCUT2D eigenvalue weighted by Gasteiger charge is -2.05. The van der Waals surface area contributed by atoms with Crippen molar-refractivity contribution in [2.75, 3.05) is 18.2 Å². The molecule has 0 atom stereocenters. The highest BCUT2D eigenvalue weighted by atomic mass is 35.5. The number of thiophene rings is 1. The van der Waals surface area contributed by atoms with E-state index in [1.807, 2.05) is 12.1 Å². The quantitative estimate of drug-likeness (QED) is 0.615. The Kier molecular flexibility index (Phi) is 5.12. The van der Waals surface area contributed by atoms with E-state index in [2.05, 4.69) is 11.4 Å². The largest absolute Gasteiger partial charge is 0.497 e. The zero-order valence-corrected chi connectivity index (χ0v) is 15.3. The van der Waals surface area contributed by atoms with Crippen molar-refractivity contribution in [2.24, 2.45) is 0 Å². The van der Waals surface area contributed by atoms with E-state index in [0.29, 0.717) is 20.5 Å². The van der Waals surface area contributed by atoms with E-state index < -0.39 is 0 Å². The lowest BCUT2D eigenvalue weighted by molar-refractivity contribution is 0.104. The Labute approximate surface area is 159 Å². The molecule has 7 heteroatoms. The fraction of sp³-hybridized carbons (Fsp3) is 0.0526. The second-order valence-electron chi connectivity index (χ2n) is 5.35. The summed E-state index contributed by atoms with van der Waals surface area (Å²) in [5, 5.41) is 13.6. The molecule has 0 bridgehead atoms. The fourth-order valence-corrected chi connectivity index (χ4v) is 3.62. The highest BCUT2D eigenvalue weighted by Crippen LogP contribution is 2.38. The number of nitrogen functional groups attached to an aromatic ring is 1. The average molecular weight is 384 g/mol. The zero-order chi connectivity index (χ0) is 18.7. The number of hydrogen-bond acceptors (Lipinski definition) is 6. The molecule has 0 fully saturated rings. The number of rotatable bonds is 5. The molecule has 0 aliphatic rings. The molecule has 0 aliphatic carbocycles. The predicted octanol–water partition coefficient (Wildman–Crippen LogP) is 4.84. The van der Waals surface area contributed by atoms with Crippen LogP contribution in [0, 0.1) is 11.3 Å². The van der Waals surface area contributed by atoms with Gasteiger partial charge in [-0.2, -0.15) is 5.26 Å².